The number of halogens is 1. The molecule has 25 heavy (non-hydrogen) atoms. The van der Waals surface area contributed by atoms with Gasteiger partial charge >= 0.3 is 0 Å². The van der Waals surface area contributed by atoms with Gasteiger partial charge in [-0.2, -0.15) is 5.10 Å². The Bertz CT molecular complexity index is 734. The van der Waals surface area contributed by atoms with Crippen LogP contribution >= 0.6 is 11.6 Å². The molecule has 3 rings (SSSR count). The van der Waals surface area contributed by atoms with E-state index >= 15 is 0 Å². The van der Waals surface area contributed by atoms with Crippen molar-refractivity contribution in [2.75, 3.05) is 7.11 Å². The first kappa shape index (κ1) is 18.2. The lowest BCUT2D eigenvalue weighted by molar-refractivity contribution is 0.145. The average molecular weight is 365 g/mol. The van der Waals surface area contributed by atoms with Gasteiger partial charge in [0.25, 0.3) is 0 Å². The molecule has 1 unspecified atom stereocenters. The molecule has 1 aliphatic carbocycles. The lowest BCUT2D eigenvalue weighted by Crippen LogP contribution is -2.35. The summed E-state index contributed by atoms with van der Waals surface area (Å²) >= 11 is 5.91. The van der Waals surface area contributed by atoms with Gasteiger partial charge in [0.1, 0.15) is 0 Å². The number of hydrogen-bond acceptors (Lipinski definition) is 5. The van der Waals surface area contributed by atoms with E-state index in [4.69, 9.17) is 16.3 Å². The predicted molar refractivity (Wildman–Crippen MR) is 96.9 cm³/mol. The molecule has 136 valence electrons. The van der Waals surface area contributed by atoms with Crippen LogP contribution in [0.2, 0.25) is 5.02 Å². The van der Waals surface area contributed by atoms with Crippen LogP contribution in [0.5, 0.6) is 5.88 Å². The van der Waals surface area contributed by atoms with Crippen LogP contribution in [0, 0.1) is 19.8 Å². The van der Waals surface area contributed by atoms with Crippen molar-refractivity contribution in [2.24, 2.45) is 5.92 Å². The highest BCUT2D eigenvalue weighted by molar-refractivity contribution is 6.30. The zero-order valence-electron chi connectivity index (χ0n) is 14.9. The fourth-order valence-electron chi connectivity index (χ4n) is 3.57. The van der Waals surface area contributed by atoms with E-state index in [2.05, 4.69) is 21.5 Å². The minimum absolute atomic E-state index is 0.0598. The SMILES string of the molecule is COc1nc(CN[C@@H]2CC(Cn3cc(Cl)cn3)C[C@H]2O)c(C)cc1C. The monoisotopic (exact) mass is 364 g/mol. The predicted octanol–water partition coefficient (Wildman–Crippen LogP) is 2.49. The van der Waals surface area contributed by atoms with Crippen molar-refractivity contribution in [1.82, 2.24) is 20.1 Å². The molecular formula is C18H25ClN4O2. The molecule has 1 fully saturated rings. The van der Waals surface area contributed by atoms with Crippen LogP contribution in [-0.4, -0.2) is 39.1 Å². The molecule has 2 aromatic heterocycles. The van der Waals surface area contributed by atoms with Crippen LogP contribution in [0.15, 0.2) is 18.5 Å². The van der Waals surface area contributed by atoms with Gasteiger partial charge in [-0.3, -0.25) is 4.68 Å². The van der Waals surface area contributed by atoms with E-state index in [-0.39, 0.29) is 12.1 Å². The van der Waals surface area contributed by atoms with Crippen LogP contribution in [0.1, 0.15) is 29.7 Å². The van der Waals surface area contributed by atoms with Crippen LogP contribution in [0.3, 0.4) is 0 Å². The number of rotatable bonds is 6. The second-order valence-electron chi connectivity index (χ2n) is 6.85. The summed E-state index contributed by atoms with van der Waals surface area (Å²) < 4.78 is 7.16. The molecule has 0 radical (unpaired) electrons. The Balaban J connectivity index is 1.58. The standard InChI is InChI=1S/C18H25ClN4O2/c1-11-4-12(2)18(25-3)22-16(11)8-20-15-5-13(6-17(15)24)9-23-10-14(19)7-21-23/h4,7,10,13,15,17,20,24H,5-6,8-9H2,1-3H3/t13?,15-,17-/m1/s1. The van der Waals surface area contributed by atoms with Crippen LogP contribution in [0.4, 0.5) is 0 Å². The van der Waals surface area contributed by atoms with E-state index in [1.807, 2.05) is 24.7 Å². The smallest absolute Gasteiger partial charge is 0.216 e. The van der Waals surface area contributed by atoms with Gasteiger partial charge in [-0.15, -0.1) is 0 Å². The molecule has 1 aliphatic rings. The van der Waals surface area contributed by atoms with Gasteiger partial charge in [0.15, 0.2) is 0 Å². The molecular weight excluding hydrogens is 340 g/mol. The van der Waals surface area contributed by atoms with Gasteiger partial charge in [0.05, 0.1) is 30.1 Å². The number of methoxy groups -OCH3 is 1. The second-order valence-corrected chi connectivity index (χ2v) is 7.29. The Hall–Kier alpha value is -1.63. The number of pyridine rings is 1. The van der Waals surface area contributed by atoms with E-state index in [0.717, 1.165) is 36.2 Å². The Labute approximate surface area is 153 Å². The summed E-state index contributed by atoms with van der Waals surface area (Å²) in [5.41, 5.74) is 3.11. The molecule has 0 aliphatic heterocycles. The Morgan fingerprint density at radius 3 is 2.84 bits per heavy atom. The van der Waals surface area contributed by atoms with E-state index < -0.39 is 0 Å². The quantitative estimate of drug-likeness (QED) is 0.823. The molecule has 0 amide bonds. The minimum atomic E-state index is -0.358. The number of nitrogens with one attached hydrogen (secondary N) is 1. The van der Waals surface area contributed by atoms with Crippen molar-refractivity contribution in [3.63, 3.8) is 0 Å². The molecule has 2 aromatic rings. The molecule has 3 atom stereocenters. The molecule has 7 heteroatoms. The number of hydrogen-bond donors (Lipinski definition) is 2. The van der Waals surface area contributed by atoms with Gasteiger partial charge in [-0.25, -0.2) is 4.98 Å². The molecule has 0 bridgehead atoms. The maximum absolute atomic E-state index is 10.4. The Morgan fingerprint density at radius 1 is 1.36 bits per heavy atom. The van der Waals surface area contributed by atoms with E-state index in [0.29, 0.717) is 23.4 Å². The van der Waals surface area contributed by atoms with Crippen molar-refractivity contribution >= 4 is 11.6 Å². The van der Waals surface area contributed by atoms with Crippen molar-refractivity contribution in [3.05, 3.63) is 40.3 Å². The highest BCUT2D eigenvalue weighted by Gasteiger charge is 2.33. The summed E-state index contributed by atoms with van der Waals surface area (Å²) in [4.78, 5) is 4.57. The summed E-state index contributed by atoms with van der Waals surface area (Å²) in [5.74, 6) is 1.04. The van der Waals surface area contributed by atoms with Crippen molar-refractivity contribution < 1.29 is 9.84 Å². The molecule has 6 nitrogen and oxygen atoms in total. The summed E-state index contributed by atoms with van der Waals surface area (Å²) in [6.45, 7) is 5.43. The summed E-state index contributed by atoms with van der Waals surface area (Å²) in [6.07, 6.45) is 4.77. The molecule has 0 saturated heterocycles. The van der Waals surface area contributed by atoms with Crippen LogP contribution in [-0.2, 0) is 13.1 Å². The van der Waals surface area contributed by atoms with Gasteiger partial charge < -0.3 is 15.2 Å². The lowest BCUT2D eigenvalue weighted by atomic mass is 10.1. The Kier molecular flexibility index (Phi) is 5.61. The number of aliphatic hydroxyl groups excluding tert-OH is 1. The van der Waals surface area contributed by atoms with Crippen LogP contribution < -0.4 is 10.1 Å². The first-order valence-corrected chi connectivity index (χ1v) is 8.94. The number of aryl methyl sites for hydroxylation is 2. The van der Waals surface area contributed by atoms with Gasteiger partial charge in [0.2, 0.25) is 5.88 Å². The summed E-state index contributed by atoms with van der Waals surface area (Å²) in [6, 6.07) is 2.14. The minimum Gasteiger partial charge on any atom is -0.481 e. The average Bonchev–Trinajstić information content (AvgIpc) is 3.12. The van der Waals surface area contributed by atoms with Crippen LogP contribution in [0.25, 0.3) is 0 Å². The normalized spacial score (nSPS) is 23.2. The number of ether oxygens (including phenoxy) is 1. The molecule has 0 aromatic carbocycles. The third-order valence-electron chi connectivity index (χ3n) is 4.86. The van der Waals surface area contributed by atoms with Crippen molar-refractivity contribution in [3.8, 4) is 5.88 Å². The number of aromatic nitrogens is 3. The molecule has 2 heterocycles. The van der Waals surface area contributed by atoms with Crippen molar-refractivity contribution in [2.45, 2.75) is 51.9 Å². The first-order chi connectivity index (χ1) is 12.0. The first-order valence-electron chi connectivity index (χ1n) is 8.56. The maximum Gasteiger partial charge on any atom is 0.216 e. The summed E-state index contributed by atoms with van der Waals surface area (Å²) in [7, 11) is 1.63. The second kappa shape index (κ2) is 7.72. The fourth-order valence-corrected chi connectivity index (χ4v) is 3.73. The number of nitrogens with zero attached hydrogens (tertiary/aromatic N) is 3. The third kappa shape index (κ3) is 4.32. The van der Waals surface area contributed by atoms with Gasteiger partial charge in [0, 0.05) is 30.9 Å². The molecule has 0 spiro atoms. The zero-order chi connectivity index (χ0) is 18.0. The molecule has 1 saturated carbocycles. The van der Waals surface area contributed by atoms with E-state index in [1.165, 1.54) is 0 Å². The lowest BCUT2D eigenvalue weighted by Gasteiger charge is -2.17. The zero-order valence-corrected chi connectivity index (χ0v) is 15.6. The Morgan fingerprint density at radius 2 is 2.16 bits per heavy atom. The van der Waals surface area contributed by atoms with E-state index in [1.54, 1.807) is 13.3 Å². The highest BCUT2D eigenvalue weighted by atomic mass is 35.5. The topological polar surface area (TPSA) is 72.2 Å². The highest BCUT2D eigenvalue weighted by Crippen LogP contribution is 2.28. The summed E-state index contributed by atoms with van der Waals surface area (Å²) in [5, 5.41) is 18.7. The van der Waals surface area contributed by atoms with E-state index in [9.17, 15) is 5.11 Å². The third-order valence-corrected chi connectivity index (χ3v) is 5.06. The number of aliphatic hydroxyl groups is 1. The largest absolute Gasteiger partial charge is 0.481 e. The van der Waals surface area contributed by atoms with Gasteiger partial charge in [-0.1, -0.05) is 11.6 Å². The molecule has 2 N–H and O–H groups in total. The fraction of sp³-hybridized carbons (Fsp3) is 0.556. The maximum atomic E-state index is 10.4. The van der Waals surface area contributed by atoms with Gasteiger partial charge in [-0.05, 0) is 44.2 Å². The van der Waals surface area contributed by atoms with Crippen molar-refractivity contribution in [1.29, 1.82) is 0 Å².